The van der Waals surface area contributed by atoms with E-state index in [4.69, 9.17) is 17.3 Å². The van der Waals surface area contributed by atoms with E-state index in [0.717, 1.165) is 17.0 Å². The zero-order chi connectivity index (χ0) is 11.7. The summed E-state index contributed by atoms with van der Waals surface area (Å²) in [4.78, 5) is 0. The molecule has 0 unspecified atom stereocenters. The normalized spacial score (nSPS) is 10.7. The van der Waals surface area contributed by atoms with Gasteiger partial charge in [-0.15, -0.1) is 0 Å². The molecule has 0 fully saturated rings. The summed E-state index contributed by atoms with van der Waals surface area (Å²) in [6.45, 7) is 4.69. The first-order chi connectivity index (χ1) is 7.56. The van der Waals surface area contributed by atoms with Gasteiger partial charge in [-0.05, 0) is 37.6 Å². The lowest BCUT2D eigenvalue weighted by molar-refractivity contribution is 0.659. The first-order valence-corrected chi connectivity index (χ1v) is 5.49. The fourth-order valence-corrected chi connectivity index (χ4v) is 1.94. The van der Waals surface area contributed by atoms with Crippen LogP contribution in [0.25, 0.3) is 0 Å². The summed E-state index contributed by atoms with van der Waals surface area (Å²) < 4.78 is 1.94. The van der Waals surface area contributed by atoms with Gasteiger partial charge >= 0.3 is 0 Å². The van der Waals surface area contributed by atoms with Crippen molar-refractivity contribution in [2.45, 2.75) is 20.4 Å². The average molecular weight is 236 g/mol. The molecule has 16 heavy (non-hydrogen) atoms. The van der Waals surface area contributed by atoms with Gasteiger partial charge in [0.25, 0.3) is 0 Å². The summed E-state index contributed by atoms with van der Waals surface area (Å²) in [6, 6.07) is 7.61. The second-order valence-electron chi connectivity index (χ2n) is 3.94. The third kappa shape index (κ3) is 2.19. The molecule has 0 atom stereocenters. The molecule has 1 aromatic heterocycles. The highest BCUT2D eigenvalue weighted by molar-refractivity contribution is 6.31. The van der Waals surface area contributed by atoms with Gasteiger partial charge in [0.2, 0.25) is 0 Å². The number of aryl methyl sites for hydroxylation is 2. The van der Waals surface area contributed by atoms with Gasteiger partial charge in [-0.25, -0.2) is 0 Å². The van der Waals surface area contributed by atoms with E-state index in [1.165, 1.54) is 0 Å². The minimum Gasteiger partial charge on any atom is -0.399 e. The average Bonchev–Trinajstić information content (AvgIpc) is 2.50. The molecule has 0 saturated carbocycles. The summed E-state index contributed by atoms with van der Waals surface area (Å²) in [7, 11) is 0. The van der Waals surface area contributed by atoms with Crippen LogP contribution in [0.5, 0.6) is 0 Å². The van der Waals surface area contributed by atoms with Crippen molar-refractivity contribution in [3.05, 3.63) is 46.2 Å². The highest BCUT2D eigenvalue weighted by atomic mass is 35.5. The Hall–Kier alpha value is -1.48. The van der Waals surface area contributed by atoms with Gasteiger partial charge in [-0.3, -0.25) is 4.68 Å². The Bertz CT molecular complexity index is 517. The molecule has 0 spiro atoms. The van der Waals surface area contributed by atoms with E-state index >= 15 is 0 Å². The molecular weight excluding hydrogens is 222 g/mol. The molecule has 0 aliphatic heterocycles. The highest BCUT2D eigenvalue weighted by Gasteiger charge is 2.05. The highest BCUT2D eigenvalue weighted by Crippen LogP contribution is 2.20. The number of hydrogen-bond donors (Lipinski definition) is 1. The van der Waals surface area contributed by atoms with E-state index in [1.807, 2.05) is 36.7 Å². The van der Waals surface area contributed by atoms with Crippen molar-refractivity contribution in [2.75, 3.05) is 5.73 Å². The van der Waals surface area contributed by atoms with Crippen LogP contribution in [0.2, 0.25) is 5.02 Å². The lowest BCUT2D eigenvalue weighted by Gasteiger charge is -2.07. The smallest absolute Gasteiger partial charge is 0.0677 e. The molecular formula is C12H14ClN3. The minimum absolute atomic E-state index is 0.679. The maximum atomic E-state index is 6.12. The first kappa shape index (κ1) is 11.0. The third-order valence-corrected chi connectivity index (χ3v) is 2.85. The Morgan fingerprint density at radius 3 is 2.62 bits per heavy atom. The molecule has 0 amide bonds. The number of nitrogens with two attached hydrogens (primary N) is 1. The zero-order valence-electron chi connectivity index (χ0n) is 9.37. The fraction of sp³-hybridized carbons (Fsp3) is 0.250. The molecule has 1 aromatic carbocycles. The number of benzene rings is 1. The van der Waals surface area contributed by atoms with E-state index in [-0.39, 0.29) is 0 Å². The predicted octanol–water partition coefficient (Wildman–Crippen LogP) is 2.78. The zero-order valence-corrected chi connectivity index (χ0v) is 10.1. The van der Waals surface area contributed by atoms with Crippen LogP contribution in [0.4, 0.5) is 5.69 Å². The Kier molecular flexibility index (Phi) is 2.88. The van der Waals surface area contributed by atoms with Gasteiger partial charge < -0.3 is 5.73 Å². The SMILES string of the molecule is Cc1cc(C)n(Cc2ccc(N)cc2Cl)n1. The van der Waals surface area contributed by atoms with Crippen LogP contribution in [0.15, 0.2) is 24.3 Å². The third-order valence-electron chi connectivity index (χ3n) is 2.50. The van der Waals surface area contributed by atoms with Gasteiger partial charge in [0.15, 0.2) is 0 Å². The van der Waals surface area contributed by atoms with Crippen molar-refractivity contribution >= 4 is 17.3 Å². The van der Waals surface area contributed by atoms with E-state index < -0.39 is 0 Å². The molecule has 0 bridgehead atoms. The summed E-state index contributed by atoms with van der Waals surface area (Å²) in [5.41, 5.74) is 9.51. The van der Waals surface area contributed by atoms with Gasteiger partial charge in [-0.2, -0.15) is 5.10 Å². The molecule has 0 radical (unpaired) electrons. The van der Waals surface area contributed by atoms with Crippen LogP contribution in [0.1, 0.15) is 17.0 Å². The molecule has 84 valence electrons. The summed E-state index contributed by atoms with van der Waals surface area (Å²) in [6.07, 6.45) is 0. The monoisotopic (exact) mass is 235 g/mol. The van der Waals surface area contributed by atoms with Crippen molar-refractivity contribution in [3.63, 3.8) is 0 Å². The quantitative estimate of drug-likeness (QED) is 0.814. The largest absolute Gasteiger partial charge is 0.399 e. The van der Waals surface area contributed by atoms with Crippen LogP contribution < -0.4 is 5.73 Å². The van der Waals surface area contributed by atoms with Crippen molar-refractivity contribution in [2.24, 2.45) is 0 Å². The number of hydrogen-bond acceptors (Lipinski definition) is 2. The van der Waals surface area contributed by atoms with Gasteiger partial charge in [0.05, 0.1) is 12.2 Å². The number of aromatic nitrogens is 2. The second kappa shape index (κ2) is 4.18. The van der Waals surface area contributed by atoms with Gasteiger partial charge in [-0.1, -0.05) is 17.7 Å². The first-order valence-electron chi connectivity index (χ1n) is 5.11. The molecule has 0 aliphatic rings. The predicted molar refractivity (Wildman–Crippen MR) is 66.7 cm³/mol. The summed E-state index contributed by atoms with van der Waals surface area (Å²) in [5.74, 6) is 0. The Morgan fingerprint density at radius 1 is 1.31 bits per heavy atom. The molecule has 0 aliphatic carbocycles. The molecule has 2 N–H and O–H groups in total. The maximum absolute atomic E-state index is 6.12. The number of rotatable bonds is 2. The number of anilines is 1. The van der Waals surface area contributed by atoms with Crippen molar-refractivity contribution < 1.29 is 0 Å². The topological polar surface area (TPSA) is 43.8 Å². The molecule has 4 heteroatoms. The lowest BCUT2D eigenvalue weighted by atomic mass is 10.2. The van der Waals surface area contributed by atoms with Crippen LogP contribution in [-0.4, -0.2) is 9.78 Å². The number of halogens is 1. The van der Waals surface area contributed by atoms with E-state index in [9.17, 15) is 0 Å². The molecule has 0 saturated heterocycles. The summed E-state index contributed by atoms with van der Waals surface area (Å²) >= 11 is 6.12. The van der Waals surface area contributed by atoms with Crippen molar-refractivity contribution in [1.82, 2.24) is 9.78 Å². The Labute approximate surface area is 99.8 Å². The van der Waals surface area contributed by atoms with E-state index in [0.29, 0.717) is 17.3 Å². The van der Waals surface area contributed by atoms with Crippen LogP contribution in [0, 0.1) is 13.8 Å². The Balaban J connectivity index is 2.30. The number of nitrogens with zero attached hydrogens (tertiary/aromatic N) is 2. The molecule has 2 rings (SSSR count). The van der Waals surface area contributed by atoms with Crippen LogP contribution in [0.3, 0.4) is 0 Å². The number of nitrogen functional groups attached to an aromatic ring is 1. The molecule has 2 aromatic rings. The minimum atomic E-state index is 0.679. The standard InChI is InChI=1S/C12H14ClN3/c1-8-5-9(2)16(15-8)7-10-3-4-11(14)6-12(10)13/h3-6H,7,14H2,1-2H3. The second-order valence-corrected chi connectivity index (χ2v) is 4.34. The Morgan fingerprint density at radius 2 is 2.06 bits per heavy atom. The lowest BCUT2D eigenvalue weighted by Crippen LogP contribution is -2.04. The van der Waals surface area contributed by atoms with Crippen LogP contribution in [-0.2, 0) is 6.54 Å². The summed E-state index contributed by atoms with van der Waals surface area (Å²) in [5, 5.41) is 5.08. The molecule has 3 nitrogen and oxygen atoms in total. The molecule has 1 heterocycles. The van der Waals surface area contributed by atoms with Crippen molar-refractivity contribution in [3.8, 4) is 0 Å². The van der Waals surface area contributed by atoms with E-state index in [1.54, 1.807) is 6.07 Å². The van der Waals surface area contributed by atoms with Crippen LogP contribution >= 0.6 is 11.6 Å². The van der Waals surface area contributed by atoms with Gasteiger partial charge in [0, 0.05) is 16.4 Å². The van der Waals surface area contributed by atoms with Crippen molar-refractivity contribution in [1.29, 1.82) is 0 Å². The van der Waals surface area contributed by atoms with E-state index in [2.05, 4.69) is 5.10 Å². The maximum Gasteiger partial charge on any atom is 0.0677 e. The van der Waals surface area contributed by atoms with Gasteiger partial charge in [0.1, 0.15) is 0 Å². The fourth-order valence-electron chi connectivity index (χ4n) is 1.69.